The molecule has 1 aliphatic carbocycles. The zero-order valence-corrected chi connectivity index (χ0v) is 17.3. The van der Waals surface area contributed by atoms with Gasteiger partial charge in [0.15, 0.2) is 0 Å². The molecule has 0 radical (unpaired) electrons. The summed E-state index contributed by atoms with van der Waals surface area (Å²) in [4.78, 5) is 46.4. The smallest absolute Gasteiger partial charge is 0.280 e. The van der Waals surface area contributed by atoms with Gasteiger partial charge >= 0.3 is 0 Å². The summed E-state index contributed by atoms with van der Waals surface area (Å²) >= 11 is 0. The van der Waals surface area contributed by atoms with Gasteiger partial charge in [0.1, 0.15) is 11.6 Å². The highest BCUT2D eigenvalue weighted by Crippen LogP contribution is 2.43. The molecule has 156 valence electrons. The first-order chi connectivity index (χ1) is 13.7. The first-order valence-corrected chi connectivity index (χ1v) is 10.3. The van der Waals surface area contributed by atoms with Gasteiger partial charge in [0.25, 0.3) is 11.1 Å². The van der Waals surface area contributed by atoms with Gasteiger partial charge in [-0.3, -0.25) is 14.4 Å². The van der Waals surface area contributed by atoms with E-state index in [1.54, 1.807) is 0 Å². The van der Waals surface area contributed by atoms with Crippen molar-refractivity contribution in [2.45, 2.75) is 70.1 Å². The number of aromatic nitrogens is 3. The van der Waals surface area contributed by atoms with Crippen molar-refractivity contribution in [2.75, 3.05) is 13.1 Å². The summed E-state index contributed by atoms with van der Waals surface area (Å²) in [5.41, 5.74) is 0.850. The maximum atomic E-state index is 12.8. The monoisotopic (exact) mass is 400 g/mol. The van der Waals surface area contributed by atoms with Crippen LogP contribution in [0.1, 0.15) is 69.3 Å². The van der Waals surface area contributed by atoms with Gasteiger partial charge in [0.05, 0.1) is 5.69 Å². The van der Waals surface area contributed by atoms with E-state index < -0.39 is 0 Å². The van der Waals surface area contributed by atoms with Gasteiger partial charge in [-0.25, -0.2) is 4.98 Å². The van der Waals surface area contributed by atoms with E-state index in [0.717, 1.165) is 30.5 Å². The Hall–Kier alpha value is -2.64. The van der Waals surface area contributed by atoms with Crippen LogP contribution in [0.4, 0.5) is 0 Å². The Morgan fingerprint density at radius 1 is 1.31 bits per heavy atom. The molecule has 1 saturated heterocycles. The molecular formula is C21H28N4O4. The SMILES string of the molecule is CC(C)(C)c1nc2c(c(=O)[nH]1)CCC21CCCN(C(=O)CCc2cc(=O)[nH]o2)C1. The fraction of sp³-hybridized carbons (Fsp3) is 0.619. The van der Waals surface area contributed by atoms with Crippen LogP contribution in [0.25, 0.3) is 0 Å². The molecular weight excluding hydrogens is 372 g/mol. The fourth-order valence-electron chi connectivity index (χ4n) is 4.58. The van der Waals surface area contributed by atoms with Gasteiger partial charge in [-0.15, -0.1) is 0 Å². The lowest BCUT2D eigenvalue weighted by Crippen LogP contribution is -2.48. The maximum Gasteiger partial charge on any atom is 0.280 e. The molecule has 1 aliphatic heterocycles. The molecule has 0 saturated carbocycles. The van der Waals surface area contributed by atoms with Crippen LogP contribution in [-0.2, 0) is 28.5 Å². The summed E-state index contributed by atoms with van der Waals surface area (Å²) < 4.78 is 5.04. The normalized spacial score (nSPS) is 21.6. The van der Waals surface area contributed by atoms with Crippen molar-refractivity contribution >= 4 is 5.91 Å². The van der Waals surface area contributed by atoms with Gasteiger partial charge in [-0.05, 0) is 25.7 Å². The number of amides is 1. The van der Waals surface area contributed by atoms with Crippen LogP contribution in [0.5, 0.6) is 0 Å². The number of piperidine rings is 1. The molecule has 1 spiro atoms. The number of fused-ring (bicyclic) bond motifs is 2. The van der Waals surface area contributed by atoms with Gasteiger partial charge < -0.3 is 14.4 Å². The van der Waals surface area contributed by atoms with Crippen LogP contribution in [0.3, 0.4) is 0 Å². The minimum atomic E-state index is -0.294. The molecule has 29 heavy (non-hydrogen) atoms. The molecule has 1 atom stereocenters. The minimum absolute atomic E-state index is 0.0391. The number of likely N-dealkylation sites (tertiary alicyclic amines) is 1. The van der Waals surface area contributed by atoms with Crippen molar-refractivity contribution in [1.29, 1.82) is 0 Å². The Balaban J connectivity index is 1.56. The van der Waals surface area contributed by atoms with Crippen LogP contribution in [0.15, 0.2) is 20.2 Å². The second-order valence-electron chi connectivity index (χ2n) is 9.37. The zero-order valence-electron chi connectivity index (χ0n) is 17.3. The molecule has 1 amide bonds. The standard InChI is InChI=1S/C21H28N4O4/c1-20(2,3)19-22-17-14(18(28)23-19)7-9-21(17)8-4-10-25(12-21)16(27)6-5-13-11-15(26)24-29-13/h11H,4-10,12H2,1-3H3,(H,24,26)(H,22,23,28). The van der Waals surface area contributed by atoms with Crippen LogP contribution >= 0.6 is 0 Å². The molecule has 8 nitrogen and oxygen atoms in total. The van der Waals surface area contributed by atoms with Crippen LogP contribution < -0.4 is 11.1 Å². The van der Waals surface area contributed by atoms with Crippen molar-refractivity contribution in [2.24, 2.45) is 0 Å². The Morgan fingerprint density at radius 2 is 2.10 bits per heavy atom. The number of carbonyl (C=O) groups is 1. The number of carbonyl (C=O) groups excluding carboxylic acids is 1. The molecule has 1 fully saturated rings. The summed E-state index contributed by atoms with van der Waals surface area (Å²) in [7, 11) is 0. The Bertz CT molecular complexity index is 1040. The van der Waals surface area contributed by atoms with Gasteiger partial charge in [0.2, 0.25) is 5.91 Å². The largest absolute Gasteiger partial charge is 0.384 e. The minimum Gasteiger partial charge on any atom is -0.384 e. The first-order valence-electron chi connectivity index (χ1n) is 10.3. The average molecular weight is 400 g/mol. The van der Waals surface area contributed by atoms with Crippen LogP contribution in [0, 0.1) is 0 Å². The van der Waals surface area contributed by atoms with E-state index in [9.17, 15) is 14.4 Å². The Kier molecular flexibility index (Phi) is 4.75. The third-order valence-corrected chi connectivity index (χ3v) is 6.17. The van der Waals surface area contributed by atoms with E-state index in [4.69, 9.17) is 9.51 Å². The molecule has 2 aromatic rings. The number of rotatable bonds is 3. The third kappa shape index (κ3) is 3.68. The summed E-state index contributed by atoms with van der Waals surface area (Å²) in [5, 5.41) is 2.25. The van der Waals surface area contributed by atoms with Crippen molar-refractivity contribution in [1.82, 2.24) is 20.0 Å². The second-order valence-corrected chi connectivity index (χ2v) is 9.37. The highest BCUT2D eigenvalue weighted by atomic mass is 16.5. The summed E-state index contributed by atoms with van der Waals surface area (Å²) in [5.74, 6) is 1.24. The summed E-state index contributed by atoms with van der Waals surface area (Å²) in [6.45, 7) is 7.42. The molecule has 2 aliphatic rings. The van der Waals surface area contributed by atoms with Crippen molar-refractivity contribution in [3.63, 3.8) is 0 Å². The van der Waals surface area contributed by atoms with Crippen LogP contribution in [-0.4, -0.2) is 39.0 Å². The summed E-state index contributed by atoms with van der Waals surface area (Å²) in [6, 6.07) is 1.38. The Labute approximate surface area is 168 Å². The quantitative estimate of drug-likeness (QED) is 0.816. The lowest BCUT2D eigenvalue weighted by molar-refractivity contribution is -0.133. The number of aromatic amines is 2. The van der Waals surface area contributed by atoms with E-state index >= 15 is 0 Å². The van der Waals surface area contributed by atoms with Crippen LogP contribution in [0.2, 0.25) is 0 Å². The van der Waals surface area contributed by atoms with Crippen molar-refractivity contribution in [3.05, 3.63) is 49.6 Å². The highest BCUT2D eigenvalue weighted by Gasteiger charge is 2.46. The van der Waals surface area contributed by atoms with Gasteiger partial charge in [-0.1, -0.05) is 20.8 Å². The molecule has 1 unspecified atom stereocenters. The predicted molar refractivity (Wildman–Crippen MR) is 107 cm³/mol. The van der Waals surface area contributed by atoms with E-state index in [-0.39, 0.29) is 27.9 Å². The average Bonchev–Trinajstić information content (AvgIpc) is 3.23. The molecule has 2 N–H and O–H groups in total. The lowest BCUT2D eigenvalue weighted by atomic mass is 9.77. The van der Waals surface area contributed by atoms with E-state index in [1.165, 1.54) is 6.07 Å². The topological polar surface area (TPSA) is 112 Å². The van der Waals surface area contributed by atoms with Crippen molar-refractivity contribution in [3.8, 4) is 0 Å². The molecule has 2 aromatic heterocycles. The van der Waals surface area contributed by atoms with E-state index in [0.29, 0.717) is 43.9 Å². The lowest BCUT2D eigenvalue weighted by Gasteiger charge is -2.40. The Morgan fingerprint density at radius 3 is 2.79 bits per heavy atom. The number of hydrogen-bond acceptors (Lipinski definition) is 5. The molecule has 3 heterocycles. The first kappa shape index (κ1) is 19.7. The predicted octanol–water partition coefficient (Wildman–Crippen LogP) is 1.79. The summed E-state index contributed by atoms with van der Waals surface area (Å²) in [6.07, 6.45) is 4.07. The molecule has 0 bridgehead atoms. The van der Waals surface area contributed by atoms with Crippen molar-refractivity contribution < 1.29 is 9.32 Å². The van der Waals surface area contributed by atoms with E-state index in [1.807, 2.05) is 25.7 Å². The number of hydrogen-bond donors (Lipinski definition) is 2. The molecule has 4 rings (SSSR count). The maximum absolute atomic E-state index is 12.8. The number of aryl methyl sites for hydroxylation is 1. The van der Waals surface area contributed by atoms with Gasteiger partial charge in [0, 0.05) is 48.4 Å². The molecule has 8 heteroatoms. The number of nitrogens with zero attached hydrogens (tertiary/aromatic N) is 2. The number of nitrogens with one attached hydrogen (secondary N) is 2. The third-order valence-electron chi connectivity index (χ3n) is 6.17. The second kappa shape index (κ2) is 7.00. The number of H-pyrrole nitrogens is 2. The van der Waals surface area contributed by atoms with Gasteiger partial charge in [-0.2, -0.15) is 5.16 Å². The highest BCUT2D eigenvalue weighted by molar-refractivity contribution is 5.76. The molecule has 0 aromatic carbocycles. The van der Waals surface area contributed by atoms with E-state index in [2.05, 4.69) is 10.1 Å². The zero-order chi connectivity index (χ0) is 20.8. The fourth-order valence-corrected chi connectivity index (χ4v) is 4.58.